The molecule has 0 aliphatic carbocycles. The largest absolute Gasteiger partial charge is 0.321 e. The van der Waals surface area contributed by atoms with E-state index in [0.717, 1.165) is 15.6 Å². The van der Waals surface area contributed by atoms with Crippen molar-refractivity contribution in [2.45, 2.75) is 6.92 Å². The molecule has 1 N–H and O–H groups in total. The highest BCUT2D eigenvalue weighted by Gasteiger charge is 2.11. The van der Waals surface area contributed by atoms with Crippen molar-refractivity contribution in [1.29, 1.82) is 5.26 Å². The van der Waals surface area contributed by atoms with Crippen LogP contribution in [0, 0.1) is 18.3 Å². The molecule has 0 spiro atoms. The number of nitrogens with zero attached hydrogens (tertiary/aromatic N) is 1. The Bertz CT molecular complexity index is 744. The van der Waals surface area contributed by atoms with Gasteiger partial charge in [-0.25, -0.2) is 0 Å². The van der Waals surface area contributed by atoms with Crippen molar-refractivity contribution in [3.05, 3.63) is 69.7 Å². The molecular formula is C17H13BrN2O. The highest BCUT2D eigenvalue weighted by Crippen LogP contribution is 2.20. The van der Waals surface area contributed by atoms with Gasteiger partial charge in [0.15, 0.2) is 0 Å². The van der Waals surface area contributed by atoms with Crippen LogP contribution in [0.5, 0.6) is 0 Å². The first-order valence-corrected chi connectivity index (χ1v) is 7.14. The Hall–Kier alpha value is -2.38. The highest BCUT2D eigenvalue weighted by molar-refractivity contribution is 9.10. The van der Waals surface area contributed by atoms with Gasteiger partial charge < -0.3 is 5.32 Å². The second-order valence-corrected chi connectivity index (χ2v) is 5.31. The third-order valence-corrected chi connectivity index (χ3v) is 3.69. The number of para-hydroxylation sites is 1. The summed E-state index contributed by atoms with van der Waals surface area (Å²) in [6, 6.07) is 16.8. The van der Waals surface area contributed by atoms with Gasteiger partial charge in [0.25, 0.3) is 5.91 Å². The SMILES string of the molecule is Cc1ccccc1NC(=O)/C(C#N)=C/c1ccccc1Br. The van der Waals surface area contributed by atoms with Crippen LogP contribution < -0.4 is 5.32 Å². The van der Waals surface area contributed by atoms with Gasteiger partial charge >= 0.3 is 0 Å². The molecule has 2 rings (SSSR count). The zero-order chi connectivity index (χ0) is 15.2. The van der Waals surface area contributed by atoms with Crippen LogP contribution in [0.25, 0.3) is 6.08 Å². The minimum Gasteiger partial charge on any atom is -0.321 e. The lowest BCUT2D eigenvalue weighted by molar-refractivity contribution is -0.112. The third kappa shape index (κ3) is 3.80. The molecule has 104 valence electrons. The topological polar surface area (TPSA) is 52.9 Å². The fraction of sp³-hybridized carbons (Fsp3) is 0.0588. The number of nitrogens with one attached hydrogen (secondary N) is 1. The van der Waals surface area contributed by atoms with Crippen molar-refractivity contribution >= 4 is 33.6 Å². The van der Waals surface area contributed by atoms with E-state index in [-0.39, 0.29) is 5.57 Å². The number of hydrogen-bond acceptors (Lipinski definition) is 2. The smallest absolute Gasteiger partial charge is 0.266 e. The van der Waals surface area contributed by atoms with Crippen molar-refractivity contribution in [3.63, 3.8) is 0 Å². The summed E-state index contributed by atoms with van der Waals surface area (Å²) < 4.78 is 0.835. The summed E-state index contributed by atoms with van der Waals surface area (Å²) >= 11 is 3.40. The molecule has 0 bridgehead atoms. The molecule has 0 aromatic heterocycles. The summed E-state index contributed by atoms with van der Waals surface area (Å²) in [5, 5.41) is 12.0. The van der Waals surface area contributed by atoms with Crippen LogP contribution in [0.1, 0.15) is 11.1 Å². The number of halogens is 1. The number of hydrogen-bond donors (Lipinski definition) is 1. The maximum atomic E-state index is 12.2. The lowest BCUT2D eigenvalue weighted by atomic mass is 10.1. The van der Waals surface area contributed by atoms with E-state index in [1.165, 1.54) is 0 Å². The van der Waals surface area contributed by atoms with Gasteiger partial charge in [0.1, 0.15) is 11.6 Å². The minimum absolute atomic E-state index is 0.0603. The van der Waals surface area contributed by atoms with E-state index in [1.54, 1.807) is 12.1 Å². The van der Waals surface area contributed by atoms with Gasteiger partial charge in [-0.1, -0.05) is 52.3 Å². The maximum Gasteiger partial charge on any atom is 0.266 e. The summed E-state index contributed by atoms with van der Waals surface area (Å²) in [7, 11) is 0. The molecule has 0 saturated heterocycles. The molecule has 0 aliphatic heterocycles. The molecule has 0 aliphatic rings. The number of carbonyl (C=O) groups is 1. The van der Waals surface area contributed by atoms with Crippen LogP contribution >= 0.6 is 15.9 Å². The summed E-state index contributed by atoms with van der Waals surface area (Å²) in [6.45, 7) is 1.90. The lowest BCUT2D eigenvalue weighted by Gasteiger charge is -2.07. The Kier molecular flexibility index (Phi) is 4.91. The number of rotatable bonds is 3. The van der Waals surface area contributed by atoms with Crippen LogP contribution in [-0.4, -0.2) is 5.91 Å². The van der Waals surface area contributed by atoms with E-state index >= 15 is 0 Å². The number of anilines is 1. The molecule has 1 amide bonds. The first-order chi connectivity index (χ1) is 10.1. The Morgan fingerprint density at radius 1 is 1.19 bits per heavy atom. The second-order valence-electron chi connectivity index (χ2n) is 4.46. The first kappa shape index (κ1) is 15.0. The minimum atomic E-state index is -0.414. The Morgan fingerprint density at radius 3 is 2.52 bits per heavy atom. The van der Waals surface area contributed by atoms with Gasteiger partial charge in [0, 0.05) is 10.2 Å². The second kappa shape index (κ2) is 6.87. The molecule has 0 fully saturated rings. The van der Waals surface area contributed by atoms with Crippen LogP contribution in [-0.2, 0) is 4.79 Å². The molecule has 0 unspecified atom stereocenters. The van der Waals surface area contributed by atoms with Gasteiger partial charge in [-0.2, -0.15) is 5.26 Å². The van der Waals surface area contributed by atoms with Gasteiger partial charge in [0.05, 0.1) is 0 Å². The predicted molar refractivity (Wildman–Crippen MR) is 87.5 cm³/mol. The van der Waals surface area contributed by atoms with E-state index in [4.69, 9.17) is 0 Å². The van der Waals surface area contributed by atoms with E-state index < -0.39 is 5.91 Å². The molecule has 4 heteroatoms. The summed E-state index contributed by atoms with van der Waals surface area (Å²) in [4.78, 5) is 12.2. The van der Waals surface area contributed by atoms with Crippen molar-refractivity contribution < 1.29 is 4.79 Å². The number of aryl methyl sites for hydroxylation is 1. The number of benzene rings is 2. The first-order valence-electron chi connectivity index (χ1n) is 6.35. The lowest BCUT2D eigenvalue weighted by Crippen LogP contribution is -2.14. The van der Waals surface area contributed by atoms with Crippen molar-refractivity contribution in [3.8, 4) is 6.07 Å². The zero-order valence-electron chi connectivity index (χ0n) is 11.4. The van der Waals surface area contributed by atoms with Gasteiger partial charge in [-0.3, -0.25) is 4.79 Å². The molecular weight excluding hydrogens is 328 g/mol. The summed E-state index contributed by atoms with van der Waals surface area (Å²) in [5.41, 5.74) is 2.50. The molecule has 21 heavy (non-hydrogen) atoms. The van der Waals surface area contributed by atoms with Crippen molar-refractivity contribution in [2.75, 3.05) is 5.32 Å². The number of amides is 1. The highest BCUT2D eigenvalue weighted by atomic mass is 79.9. The summed E-state index contributed by atoms with van der Waals surface area (Å²) in [6.07, 6.45) is 1.57. The molecule has 3 nitrogen and oxygen atoms in total. The van der Waals surface area contributed by atoms with Gasteiger partial charge in [0.2, 0.25) is 0 Å². The predicted octanol–water partition coefficient (Wildman–Crippen LogP) is 4.30. The monoisotopic (exact) mass is 340 g/mol. The fourth-order valence-electron chi connectivity index (χ4n) is 1.80. The average Bonchev–Trinajstić information content (AvgIpc) is 2.48. The zero-order valence-corrected chi connectivity index (χ0v) is 13.0. The molecule has 2 aromatic rings. The van der Waals surface area contributed by atoms with Crippen molar-refractivity contribution in [2.24, 2.45) is 0 Å². The molecule has 0 heterocycles. The number of nitriles is 1. The Balaban J connectivity index is 2.26. The van der Waals surface area contributed by atoms with Crippen molar-refractivity contribution in [1.82, 2.24) is 0 Å². The fourth-order valence-corrected chi connectivity index (χ4v) is 2.20. The maximum absolute atomic E-state index is 12.2. The van der Waals surface area contributed by atoms with E-state index in [2.05, 4.69) is 21.2 Å². The van der Waals surface area contributed by atoms with E-state index in [1.807, 2.05) is 55.5 Å². The van der Waals surface area contributed by atoms with Gasteiger partial charge in [-0.05, 0) is 36.3 Å². The molecule has 0 saturated carbocycles. The van der Waals surface area contributed by atoms with Crippen LogP contribution in [0.15, 0.2) is 58.6 Å². The Morgan fingerprint density at radius 2 is 1.86 bits per heavy atom. The molecule has 0 atom stereocenters. The van der Waals surface area contributed by atoms with E-state index in [9.17, 15) is 10.1 Å². The number of carbonyl (C=O) groups excluding carboxylic acids is 1. The molecule has 2 aromatic carbocycles. The standard InChI is InChI=1S/C17H13BrN2O/c1-12-6-2-5-9-16(12)20-17(21)14(11-19)10-13-7-3-4-8-15(13)18/h2-10H,1H3,(H,20,21)/b14-10+. The van der Waals surface area contributed by atoms with Crippen LogP contribution in [0.3, 0.4) is 0 Å². The summed E-state index contributed by atoms with van der Waals surface area (Å²) in [5.74, 6) is -0.414. The third-order valence-electron chi connectivity index (χ3n) is 2.96. The quantitative estimate of drug-likeness (QED) is 0.668. The van der Waals surface area contributed by atoms with Crippen LogP contribution in [0.2, 0.25) is 0 Å². The Labute approximate surface area is 132 Å². The van der Waals surface area contributed by atoms with Crippen LogP contribution in [0.4, 0.5) is 5.69 Å². The normalized spacial score (nSPS) is 10.8. The van der Waals surface area contributed by atoms with Gasteiger partial charge in [-0.15, -0.1) is 0 Å². The molecule has 0 radical (unpaired) electrons. The average molecular weight is 341 g/mol. The van der Waals surface area contributed by atoms with E-state index in [0.29, 0.717) is 5.69 Å².